The van der Waals surface area contributed by atoms with Crippen molar-refractivity contribution in [1.29, 1.82) is 0 Å². The number of anilines is 1. The maximum atomic E-state index is 13.1. The Hall–Kier alpha value is -2.61. The van der Waals surface area contributed by atoms with E-state index in [-0.39, 0.29) is 32.5 Å². The van der Waals surface area contributed by atoms with Gasteiger partial charge in [0, 0.05) is 0 Å². The molecule has 6 nitrogen and oxygen atoms in total. The minimum atomic E-state index is -0.616. The van der Waals surface area contributed by atoms with Crippen LogP contribution in [0.1, 0.15) is 19.4 Å². The first-order valence-corrected chi connectivity index (χ1v) is 10.1. The molecule has 0 radical (unpaired) electrons. The van der Waals surface area contributed by atoms with Crippen molar-refractivity contribution >= 4 is 64.1 Å². The number of methoxy groups -OCH3 is 1. The van der Waals surface area contributed by atoms with E-state index in [0.29, 0.717) is 17.1 Å². The summed E-state index contributed by atoms with van der Waals surface area (Å²) in [4.78, 5) is 26.8. The van der Waals surface area contributed by atoms with Gasteiger partial charge in [-0.25, -0.2) is 0 Å². The Morgan fingerprint density at radius 2 is 1.87 bits per heavy atom. The van der Waals surface area contributed by atoms with Gasteiger partial charge in [0.25, 0.3) is 11.8 Å². The lowest BCUT2D eigenvalue weighted by atomic mass is 10.1. The highest BCUT2D eigenvalue weighted by molar-refractivity contribution is 7.80. The average molecular weight is 465 g/mol. The van der Waals surface area contributed by atoms with E-state index in [2.05, 4.69) is 5.32 Å². The van der Waals surface area contributed by atoms with Gasteiger partial charge in [0.1, 0.15) is 5.57 Å². The topological polar surface area (TPSA) is 67.9 Å². The number of carbonyl (C=O) groups is 2. The first-order chi connectivity index (χ1) is 14.2. The third-order valence-electron chi connectivity index (χ3n) is 4.14. The van der Waals surface area contributed by atoms with E-state index < -0.39 is 11.8 Å². The molecule has 1 aliphatic rings. The maximum absolute atomic E-state index is 13.1. The SMILES string of the molecule is COc1cc(/C=C2\C(=O)NC(=S)N(c3cccc(Cl)c3Cl)C2=O)ccc1OC(C)C. The van der Waals surface area contributed by atoms with Crippen molar-refractivity contribution in [2.24, 2.45) is 0 Å². The molecule has 9 heteroatoms. The van der Waals surface area contributed by atoms with E-state index in [4.69, 9.17) is 44.9 Å². The smallest absolute Gasteiger partial charge is 0.270 e. The third kappa shape index (κ3) is 4.43. The fourth-order valence-corrected chi connectivity index (χ4v) is 3.49. The lowest BCUT2D eigenvalue weighted by Gasteiger charge is -2.29. The van der Waals surface area contributed by atoms with Crippen LogP contribution in [-0.4, -0.2) is 30.1 Å². The number of benzene rings is 2. The molecule has 2 aromatic carbocycles. The van der Waals surface area contributed by atoms with Gasteiger partial charge in [0.15, 0.2) is 16.6 Å². The highest BCUT2D eigenvalue weighted by Crippen LogP contribution is 2.35. The Labute approximate surface area is 189 Å². The summed E-state index contributed by atoms with van der Waals surface area (Å²) in [6, 6.07) is 9.93. The fraction of sp³-hybridized carbons (Fsp3) is 0.190. The first-order valence-electron chi connectivity index (χ1n) is 8.93. The fourth-order valence-electron chi connectivity index (χ4n) is 2.83. The highest BCUT2D eigenvalue weighted by atomic mass is 35.5. The largest absolute Gasteiger partial charge is 0.493 e. The molecule has 0 unspecified atom stereocenters. The average Bonchev–Trinajstić information content (AvgIpc) is 2.68. The van der Waals surface area contributed by atoms with Crippen molar-refractivity contribution in [3.8, 4) is 11.5 Å². The van der Waals surface area contributed by atoms with Gasteiger partial charge >= 0.3 is 0 Å². The molecule has 1 saturated heterocycles. The molecule has 30 heavy (non-hydrogen) atoms. The molecule has 2 amide bonds. The Morgan fingerprint density at radius 3 is 2.53 bits per heavy atom. The van der Waals surface area contributed by atoms with Gasteiger partial charge in [0.05, 0.1) is 28.9 Å². The second-order valence-corrected chi connectivity index (χ2v) is 7.78. The molecule has 0 spiro atoms. The molecule has 3 rings (SSSR count). The van der Waals surface area contributed by atoms with Crippen LogP contribution in [0, 0.1) is 0 Å². The number of hydrogen-bond acceptors (Lipinski definition) is 5. The third-order valence-corrected chi connectivity index (χ3v) is 5.23. The predicted molar refractivity (Wildman–Crippen MR) is 121 cm³/mol. The molecule has 0 aliphatic carbocycles. The first kappa shape index (κ1) is 22.1. The molecule has 1 heterocycles. The summed E-state index contributed by atoms with van der Waals surface area (Å²) < 4.78 is 11.1. The number of ether oxygens (including phenoxy) is 2. The van der Waals surface area contributed by atoms with Crippen molar-refractivity contribution in [3.63, 3.8) is 0 Å². The molecular formula is C21H18Cl2N2O4S. The molecule has 0 bridgehead atoms. The van der Waals surface area contributed by atoms with Crippen molar-refractivity contribution in [1.82, 2.24) is 5.32 Å². The van der Waals surface area contributed by atoms with E-state index in [1.54, 1.807) is 36.4 Å². The molecule has 1 N–H and O–H groups in total. The van der Waals surface area contributed by atoms with E-state index >= 15 is 0 Å². The summed E-state index contributed by atoms with van der Waals surface area (Å²) in [5.74, 6) is -0.190. The monoisotopic (exact) mass is 464 g/mol. The normalized spacial score (nSPS) is 15.6. The molecular weight excluding hydrogens is 447 g/mol. The number of amides is 2. The van der Waals surface area contributed by atoms with Crippen LogP contribution in [0.3, 0.4) is 0 Å². The van der Waals surface area contributed by atoms with E-state index in [9.17, 15) is 9.59 Å². The van der Waals surface area contributed by atoms with Gasteiger partial charge in [-0.15, -0.1) is 0 Å². The predicted octanol–water partition coefficient (Wildman–Crippen LogP) is 4.62. The molecule has 1 aliphatic heterocycles. The van der Waals surface area contributed by atoms with Crippen LogP contribution in [-0.2, 0) is 9.59 Å². The van der Waals surface area contributed by atoms with Gasteiger partial charge in [-0.05, 0) is 62.0 Å². The summed E-state index contributed by atoms with van der Waals surface area (Å²) in [5, 5.41) is 2.85. The summed E-state index contributed by atoms with van der Waals surface area (Å²) >= 11 is 17.5. The number of carbonyl (C=O) groups excluding carboxylic acids is 2. The quantitative estimate of drug-likeness (QED) is 0.397. The standard InChI is InChI=1S/C21H18Cl2N2O4S/c1-11(2)29-16-8-7-12(10-17(16)28-3)9-13-19(26)24-21(30)25(20(13)27)15-6-4-5-14(22)18(15)23/h4-11H,1-3H3,(H,24,26,30)/b13-9+. The molecule has 2 aromatic rings. The van der Waals surface area contributed by atoms with Crippen LogP contribution in [0.15, 0.2) is 42.0 Å². The number of halogens is 2. The summed E-state index contributed by atoms with van der Waals surface area (Å²) in [7, 11) is 1.51. The number of rotatable bonds is 5. The van der Waals surface area contributed by atoms with E-state index in [1.807, 2.05) is 13.8 Å². The van der Waals surface area contributed by atoms with Crippen molar-refractivity contribution in [3.05, 3.63) is 57.6 Å². The van der Waals surface area contributed by atoms with Gasteiger partial charge in [-0.3, -0.25) is 19.8 Å². The summed E-state index contributed by atoms with van der Waals surface area (Å²) in [6.45, 7) is 3.80. The minimum Gasteiger partial charge on any atom is -0.493 e. The van der Waals surface area contributed by atoms with Gasteiger partial charge in [-0.2, -0.15) is 0 Å². The lowest BCUT2D eigenvalue weighted by Crippen LogP contribution is -2.54. The Morgan fingerprint density at radius 1 is 1.13 bits per heavy atom. The van der Waals surface area contributed by atoms with Crippen molar-refractivity contribution < 1.29 is 19.1 Å². The van der Waals surface area contributed by atoms with Crippen LogP contribution in [0.25, 0.3) is 6.08 Å². The number of thiocarbonyl (C=S) groups is 1. The van der Waals surface area contributed by atoms with Crippen LogP contribution >= 0.6 is 35.4 Å². The molecule has 0 saturated carbocycles. The molecule has 0 atom stereocenters. The van der Waals surface area contributed by atoms with Crippen LogP contribution in [0.2, 0.25) is 10.0 Å². The van der Waals surface area contributed by atoms with Crippen LogP contribution < -0.4 is 19.7 Å². The zero-order valence-electron chi connectivity index (χ0n) is 16.4. The zero-order valence-corrected chi connectivity index (χ0v) is 18.7. The number of nitrogens with one attached hydrogen (secondary N) is 1. The Bertz CT molecular complexity index is 1070. The van der Waals surface area contributed by atoms with Gasteiger partial charge in [0.2, 0.25) is 0 Å². The van der Waals surface area contributed by atoms with E-state index in [1.165, 1.54) is 13.2 Å². The number of hydrogen-bond donors (Lipinski definition) is 1. The molecule has 156 valence electrons. The van der Waals surface area contributed by atoms with Crippen molar-refractivity contribution in [2.75, 3.05) is 12.0 Å². The molecule has 0 aromatic heterocycles. The Balaban J connectivity index is 2.01. The maximum Gasteiger partial charge on any atom is 0.270 e. The van der Waals surface area contributed by atoms with Crippen LogP contribution in [0.4, 0.5) is 5.69 Å². The van der Waals surface area contributed by atoms with Gasteiger partial charge < -0.3 is 9.47 Å². The minimum absolute atomic E-state index is 0.0363. The molecule has 1 fully saturated rings. The highest BCUT2D eigenvalue weighted by Gasteiger charge is 2.35. The second-order valence-electron chi connectivity index (χ2n) is 6.61. The summed E-state index contributed by atoms with van der Waals surface area (Å²) in [5.41, 5.74) is 0.744. The Kier molecular flexibility index (Phi) is 6.65. The van der Waals surface area contributed by atoms with Crippen molar-refractivity contribution in [2.45, 2.75) is 20.0 Å². The van der Waals surface area contributed by atoms with E-state index in [0.717, 1.165) is 4.90 Å². The van der Waals surface area contributed by atoms with Gasteiger partial charge in [-0.1, -0.05) is 35.3 Å². The zero-order chi connectivity index (χ0) is 22.0. The summed E-state index contributed by atoms with van der Waals surface area (Å²) in [6.07, 6.45) is 1.41. The number of nitrogens with zero attached hydrogens (tertiary/aromatic N) is 1. The lowest BCUT2D eigenvalue weighted by molar-refractivity contribution is -0.122. The second kappa shape index (κ2) is 9.04. The van der Waals surface area contributed by atoms with Crippen LogP contribution in [0.5, 0.6) is 11.5 Å².